The summed E-state index contributed by atoms with van der Waals surface area (Å²) in [6.45, 7) is 2.07. The van der Waals surface area contributed by atoms with E-state index in [1.807, 2.05) is 0 Å². The van der Waals surface area contributed by atoms with Gasteiger partial charge in [-0.15, -0.1) is 0 Å². The number of methoxy groups -OCH3 is 1. The molecule has 122 valence electrons. The van der Waals surface area contributed by atoms with Gasteiger partial charge in [0.05, 0.1) is 19.3 Å². The molecule has 6 atom stereocenters. The number of benzene rings is 1. The van der Waals surface area contributed by atoms with Crippen LogP contribution in [0.1, 0.15) is 24.0 Å². The standard InChI is InChI=1S/C17H19NO5/c1-20-13-8-6-18-3-2-17(9(8)4-10-14(13)22-7-21-10)12(18)5-11-15(23-11)16(17)19/h4,11-12,15-16,19H,2-3,5-7H2,1H3. The third-order valence-electron chi connectivity index (χ3n) is 6.55. The maximum absolute atomic E-state index is 11.1. The molecule has 1 saturated carbocycles. The summed E-state index contributed by atoms with van der Waals surface area (Å²) in [6, 6.07) is 2.43. The van der Waals surface area contributed by atoms with E-state index >= 15 is 0 Å². The molecule has 23 heavy (non-hydrogen) atoms. The van der Waals surface area contributed by atoms with Crippen LogP contribution in [0.2, 0.25) is 0 Å². The number of fused-ring (bicyclic) bond motifs is 3. The maximum Gasteiger partial charge on any atom is 0.231 e. The highest BCUT2D eigenvalue weighted by atomic mass is 16.7. The molecule has 5 aliphatic rings. The van der Waals surface area contributed by atoms with Crippen molar-refractivity contribution >= 4 is 0 Å². The summed E-state index contributed by atoms with van der Waals surface area (Å²) in [7, 11) is 1.68. The summed E-state index contributed by atoms with van der Waals surface area (Å²) in [5, 5.41) is 11.1. The molecule has 2 bridgehead atoms. The minimum Gasteiger partial charge on any atom is -0.492 e. The van der Waals surface area contributed by atoms with Gasteiger partial charge >= 0.3 is 0 Å². The van der Waals surface area contributed by atoms with E-state index < -0.39 is 6.10 Å². The van der Waals surface area contributed by atoms with Crippen molar-refractivity contribution in [3.63, 3.8) is 0 Å². The van der Waals surface area contributed by atoms with Crippen molar-refractivity contribution in [1.29, 1.82) is 0 Å². The molecule has 6 unspecified atom stereocenters. The zero-order chi connectivity index (χ0) is 15.3. The van der Waals surface area contributed by atoms with Gasteiger partial charge in [0.25, 0.3) is 0 Å². The fraction of sp³-hybridized carbons (Fsp3) is 0.647. The molecule has 1 N–H and O–H groups in total. The van der Waals surface area contributed by atoms with Gasteiger partial charge < -0.3 is 24.1 Å². The van der Waals surface area contributed by atoms with Gasteiger partial charge in [-0.2, -0.15) is 0 Å². The van der Waals surface area contributed by atoms with E-state index in [0.29, 0.717) is 11.8 Å². The molecule has 4 heterocycles. The monoisotopic (exact) mass is 317 g/mol. The second-order valence-corrected chi connectivity index (χ2v) is 7.27. The minimum atomic E-state index is -0.458. The molecule has 1 aromatic rings. The van der Waals surface area contributed by atoms with Crippen LogP contribution in [-0.4, -0.2) is 54.8 Å². The normalized spacial score (nSPS) is 44.3. The SMILES string of the molecule is COc1c2c(cc3c1OCO3)C13CCN(C2)C1CC1OC1C3O. The highest BCUT2D eigenvalue weighted by Gasteiger charge is 2.68. The molecule has 0 amide bonds. The van der Waals surface area contributed by atoms with E-state index in [4.69, 9.17) is 18.9 Å². The number of hydrogen-bond donors (Lipinski definition) is 1. The van der Waals surface area contributed by atoms with Crippen LogP contribution >= 0.6 is 0 Å². The number of aliphatic hydroxyl groups is 1. The fourth-order valence-corrected chi connectivity index (χ4v) is 5.52. The molecule has 0 spiro atoms. The number of hydrogen-bond acceptors (Lipinski definition) is 6. The van der Waals surface area contributed by atoms with Crippen LogP contribution in [0.15, 0.2) is 6.07 Å². The zero-order valence-corrected chi connectivity index (χ0v) is 12.9. The number of epoxide rings is 1. The predicted octanol–water partition coefficient (Wildman–Crippen LogP) is 0.782. The molecular formula is C17H19NO5. The van der Waals surface area contributed by atoms with E-state index in [9.17, 15) is 5.11 Å². The molecule has 3 fully saturated rings. The second kappa shape index (κ2) is 3.94. The van der Waals surface area contributed by atoms with E-state index in [2.05, 4.69) is 11.0 Å². The molecule has 6 rings (SSSR count). The van der Waals surface area contributed by atoms with Crippen LogP contribution in [0.25, 0.3) is 0 Å². The van der Waals surface area contributed by atoms with Crippen LogP contribution in [0.5, 0.6) is 17.2 Å². The second-order valence-electron chi connectivity index (χ2n) is 7.27. The van der Waals surface area contributed by atoms with Crippen LogP contribution in [0.3, 0.4) is 0 Å². The van der Waals surface area contributed by atoms with Crippen molar-refractivity contribution in [2.75, 3.05) is 20.4 Å². The molecule has 2 saturated heterocycles. The number of nitrogens with zero attached hydrogens (tertiary/aromatic N) is 1. The van der Waals surface area contributed by atoms with Gasteiger partial charge in [0.2, 0.25) is 12.5 Å². The summed E-state index contributed by atoms with van der Waals surface area (Å²) < 4.78 is 22.7. The largest absolute Gasteiger partial charge is 0.492 e. The molecular weight excluding hydrogens is 298 g/mol. The van der Waals surface area contributed by atoms with Gasteiger partial charge in [-0.05, 0) is 31.0 Å². The summed E-state index contributed by atoms with van der Waals surface area (Å²) >= 11 is 0. The molecule has 0 aromatic heterocycles. The molecule has 4 aliphatic heterocycles. The van der Waals surface area contributed by atoms with Gasteiger partial charge in [-0.1, -0.05) is 0 Å². The van der Waals surface area contributed by atoms with E-state index in [-0.39, 0.29) is 24.4 Å². The predicted molar refractivity (Wildman–Crippen MR) is 78.9 cm³/mol. The van der Waals surface area contributed by atoms with Crippen molar-refractivity contribution in [1.82, 2.24) is 4.90 Å². The molecule has 0 radical (unpaired) electrons. The lowest BCUT2D eigenvalue weighted by Crippen LogP contribution is -2.58. The van der Waals surface area contributed by atoms with Crippen molar-refractivity contribution in [3.8, 4) is 17.2 Å². The topological polar surface area (TPSA) is 63.7 Å². The van der Waals surface area contributed by atoms with Gasteiger partial charge in [0, 0.05) is 23.6 Å². The Kier molecular flexibility index (Phi) is 2.20. The Morgan fingerprint density at radius 2 is 2.30 bits per heavy atom. The Bertz CT molecular complexity index is 721. The lowest BCUT2D eigenvalue weighted by Gasteiger charge is -2.48. The van der Waals surface area contributed by atoms with Crippen molar-refractivity contribution < 1.29 is 24.1 Å². The van der Waals surface area contributed by atoms with Crippen LogP contribution in [0.4, 0.5) is 0 Å². The third-order valence-corrected chi connectivity index (χ3v) is 6.55. The van der Waals surface area contributed by atoms with Gasteiger partial charge in [-0.25, -0.2) is 0 Å². The number of aliphatic hydroxyl groups excluding tert-OH is 1. The lowest BCUT2D eigenvalue weighted by atomic mass is 9.62. The zero-order valence-electron chi connectivity index (χ0n) is 12.9. The highest BCUT2D eigenvalue weighted by Crippen LogP contribution is 2.61. The van der Waals surface area contributed by atoms with Gasteiger partial charge in [-0.3, -0.25) is 4.90 Å². The van der Waals surface area contributed by atoms with Crippen molar-refractivity contribution in [3.05, 3.63) is 17.2 Å². The smallest absolute Gasteiger partial charge is 0.231 e. The summed E-state index contributed by atoms with van der Waals surface area (Å²) in [4.78, 5) is 2.48. The molecule has 1 aliphatic carbocycles. The molecule has 6 nitrogen and oxygen atoms in total. The molecule has 1 aromatic carbocycles. The first-order chi connectivity index (χ1) is 11.2. The first-order valence-corrected chi connectivity index (χ1v) is 8.31. The maximum atomic E-state index is 11.1. The van der Waals surface area contributed by atoms with Crippen LogP contribution in [0, 0.1) is 0 Å². The average Bonchev–Trinajstić information content (AvgIpc) is 3.09. The Hall–Kier alpha value is -1.50. The van der Waals surface area contributed by atoms with Gasteiger partial charge in [0.15, 0.2) is 11.5 Å². The first kappa shape index (κ1) is 12.9. The number of ether oxygens (including phenoxy) is 4. The molecule has 6 heteroatoms. The van der Waals surface area contributed by atoms with Crippen molar-refractivity contribution in [2.45, 2.75) is 49.2 Å². The quantitative estimate of drug-likeness (QED) is 0.773. The Morgan fingerprint density at radius 3 is 3.17 bits per heavy atom. The summed E-state index contributed by atoms with van der Waals surface area (Å²) in [5.41, 5.74) is 2.06. The summed E-state index contributed by atoms with van der Waals surface area (Å²) in [6.07, 6.45) is 1.74. The Morgan fingerprint density at radius 1 is 1.39 bits per heavy atom. The summed E-state index contributed by atoms with van der Waals surface area (Å²) in [5.74, 6) is 2.21. The van der Waals surface area contributed by atoms with Crippen LogP contribution < -0.4 is 14.2 Å². The van der Waals surface area contributed by atoms with Gasteiger partial charge in [0.1, 0.15) is 6.10 Å². The fourth-order valence-electron chi connectivity index (χ4n) is 5.52. The van der Waals surface area contributed by atoms with E-state index in [1.165, 1.54) is 5.56 Å². The van der Waals surface area contributed by atoms with Crippen LogP contribution in [-0.2, 0) is 16.7 Å². The first-order valence-electron chi connectivity index (χ1n) is 8.31. The Labute approximate surface area is 133 Å². The Balaban J connectivity index is 1.62. The lowest BCUT2D eigenvalue weighted by molar-refractivity contribution is 0.0126. The number of rotatable bonds is 1. The van der Waals surface area contributed by atoms with Crippen molar-refractivity contribution in [2.24, 2.45) is 0 Å². The highest BCUT2D eigenvalue weighted by molar-refractivity contribution is 5.64. The van der Waals surface area contributed by atoms with E-state index in [0.717, 1.165) is 43.0 Å². The third kappa shape index (κ3) is 1.33. The van der Waals surface area contributed by atoms with E-state index in [1.54, 1.807) is 7.11 Å². The minimum absolute atomic E-state index is 0.00596. The average molecular weight is 317 g/mol.